The van der Waals surface area contributed by atoms with Gasteiger partial charge in [0.2, 0.25) is 0 Å². The molecule has 0 saturated carbocycles. The second-order valence-electron chi connectivity index (χ2n) is 4.25. The van der Waals surface area contributed by atoms with Gasteiger partial charge in [0, 0.05) is 23.7 Å². The SMILES string of the molecule is Cc1nccnc1NCC1(C)CCCS1. The molecule has 1 saturated heterocycles. The quantitative estimate of drug-likeness (QED) is 0.854. The van der Waals surface area contributed by atoms with Crippen LogP contribution in [0.1, 0.15) is 25.5 Å². The molecule has 2 rings (SSSR count). The molecule has 82 valence electrons. The first-order valence-electron chi connectivity index (χ1n) is 5.35. The van der Waals surface area contributed by atoms with Crippen molar-refractivity contribution in [2.45, 2.75) is 31.4 Å². The van der Waals surface area contributed by atoms with Crippen molar-refractivity contribution in [3.63, 3.8) is 0 Å². The number of hydrogen-bond acceptors (Lipinski definition) is 4. The first-order chi connectivity index (χ1) is 7.20. The summed E-state index contributed by atoms with van der Waals surface area (Å²) >= 11 is 2.06. The highest BCUT2D eigenvalue weighted by Gasteiger charge is 2.29. The van der Waals surface area contributed by atoms with Gasteiger partial charge in [0.25, 0.3) is 0 Å². The summed E-state index contributed by atoms with van der Waals surface area (Å²) in [6.07, 6.45) is 6.10. The lowest BCUT2D eigenvalue weighted by atomic mass is 10.1. The van der Waals surface area contributed by atoms with Crippen molar-refractivity contribution in [2.24, 2.45) is 0 Å². The highest BCUT2D eigenvalue weighted by molar-refractivity contribution is 8.00. The summed E-state index contributed by atoms with van der Waals surface area (Å²) in [7, 11) is 0. The van der Waals surface area contributed by atoms with Crippen LogP contribution >= 0.6 is 11.8 Å². The molecule has 0 aromatic carbocycles. The Hall–Kier alpha value is -0.770. The minimum atomic E-state index is 0.379. The van der Waals surface area contributed by atoms with Gasteiger partial charge in [0.1, 0.15) is 5.82 Å². The Bertz CT molecular complexity index is 334. The van der Waals surface area contributed by atoms with E-state index in [0.717, 1.165) is 18.1 Å². The summed E-state index contributed by atoms with van der Waals surface area (Å²) in [5, 5.41) is 3.40. The molecule has 0 aliphatic carbocycles. The molecule has 1 N–H and O–H groups in total. The molecule has 1 aromatic rings. The van der Waals surface area contributed by atoms with Gasteiger partial charge in [0.05, 0.1) is 5.69 Å². The Kier molecular flexibility index (Phi) is 3.14. The van der Waals surface area contributed by atoms with Gasteiger partial charge in [-0.1, -0.05) is 0 Å². The summed E-state index contributed by atoms with van der Waals surface area (Å²) in [6, 6.07) is 0. The van der Waals surface area contributed by atoms with Crippen molar-refractivity contribution >= 4 is 17.6 Å². The fourth-order valence-electron chi connectivity index (χ4n) is 1.83. The monoisotopic (exact) mass is 223 g/mol. The normalized spacial score (nSPS) is 25.5. The maximum atomic E-state index is 4.29. The zero-order valence-electron chi connectivity index (χ0n) is 9.29. The fraction of sp³-hybridized carbons (Fsp3) is 0.636. The molecule has 1 aromatic heterocycles. The van der Waals surface area contributed by atoms with Crippen LogP contribution in [0.15, 0.2) is 12.4 Å². The lowest BCUT2D eigenvalue weighted by Crippen LogP contribution is -2.27. The maximum absolute atomic E-state index is 4.29. The number of aryl methyl sites for hydroxylation is 1. The van der Waals surface area contributed by atoms with Crippen LogP contribution in [0.2, 0.25) is 0 Å². The number of nitrogens with one attached hydrogen (secondary N) is 1. The topological polar surface area (TPSA) is 37.8 Å². The van der Waals surface area contributed by atoms with Crippen LogP contribution in [-0.4, -0.2) is 27.0 Å². The molecule has 15 heavy (non-hydrogen) atoms. The number of thioether (sulfide) groups is 1. The van der Waals surface area contributed by atoms with E-state index in [4.69, 9.17) is 0 Å². The molecule has 3 nitrogen and oxygen atoms in total. The number of hydrogen-bond donors (Lipinski definition) is 1. The largest absolute Gasteiger partial charge is 0.367 e. The van der Waals surface area contributed by atoms with Crippen molar-refractivity contribution in [1.29, 1.82) is 0 Å². The summed E-state index contributed by atoms with van der Waals surface area (Å²) in [5.41, 5.74) is 0.976. The van der Waals surface area contributed by atoms with Crippen LogP contribution in [-0.2, 0) is 0 Å². The minimum absolute atomic E-state index is 0.379. The predicted octanol–water partition coefficient (Wildman–Crippen LogP) is 2.48. The van der Waals surface area contributed by atoms with Crippen LogP contribution in [0.25, 0.3) is 0 Å². The van der Waals surface area contributed by atoms with Gasteiger partial charge < -0.3 is 5.32 Å². The lowest BCUT2D eigenvalue weighted by Gasteiger charge is -2.23. The van der Waals surface area contributed by atoms with Crippen molar-refractivity contribution < 1.29 is 0 Å². The summed E-state index contributed by atoms with van der Waals surface area (Å²) in [4.78, 5) is 8.50. The van der Waals surface area contributed by atoms with Crippen molar-refractivity contribution in [3.8, 4) is 0 Å². The molecule has 1 fully saturated rings. The van der Waals surface area contributed by atoms with Gasteiger partial charge in [-0.15, -0.1) is 0 Å². The van der Waals surface area contributed by atoms with E-state index >= 15 is 0 Å². The first kappa shape index (κ1) is 10.7. The smallest absolute Gasteiger partial charge is 0.147 e. The number of nitrogens with zero attached hydrogens (tertiary/aromatic N) is 2. The predicted molar refractivity (Wildman–Crippen MR) is 65.4 cm³/mol. The van der Waals surface area contributed by atoms with E-state index in [9.17, 15) is 0 Å². The molecule has 1 aliphatic rings. The molecule has 0 bridgehead atoms. The van der Waals surface area contributed by atoms with E-state index in [-0.39, 0.29) is 0 Å². The van der Waals surface area contributed by atoms with Gasteiger partial charge >= 0.3 is 0 Å². The van der Waals surface area contributed by atoms with Crippen LogP contribution < -0.4 is 5.32 Å². The number of anilines is 1. The van der Waals surface area contributed by atoms with E-state index in [2.05, 4.69) is 34.0 Å². The van der Waals surface area contributed by atoms with E-state index < -0.39 is 0 Å². The summed E-state index contributed by atoms with van der Waals surface area (Å²) in [5.74, 6) is 2.21. The lowest BCUT2D eigenvalue weighted by molar-refractivity contribution is 0.633. The second kappa shape index (κ2) is 4.39. The number of aromatic nitrogens is 2. The van der Waals surface area contributed by atoms with E-state index in [1.54, 1.807) is 12.4 Å². The average Bonchev–Trinajstić information content (AvgIpc) is 2.65. The highest BCUT2D eigenvalue weighted by Crippen LogP contribution is 2.37. The van der Waals surface area contributed by atoms with Crippen LogP contribution in [0.5, 0.6) is 0 Å². The van der Waals surface area contributed by atoms with Crippen LogP contribution in [0, 0.1) is 6.92 Å². The molecule has 2 heterocycles. The molecule has 1 atom stereocenters. The van der Waals surface area contributed by atoms with Crippen LogP contribution in [0.3, 0.4) is 0 Å². The van der Waals surface area contributed by atoms with Crippen molar-refractivity contribution in [3.05, 3.63) is 18.1 Å². The van der Waals surface area contributed by atoms with Gasteiger partial charge in [-0.05, 0) is 32.4 Å². The standard InChI is InChI=1S/C11H17N3S/c1-9-10(13-6-5-12-9)14-8-11(2)4-3-7-15-11/h5-6H,3-4,7-8H2,1-2H3,(H,13,14). The van der Waals surface area contributed by atoms with E-state index in [1.807, 2.05) is 6.92 Å². The van der Waals surface area contributed by atoms with Crippen molar-refractivity contribution in [2.75, 3.05) is 17.6 Å². The Morgan fingerprint density at radius 3 is 2.93 bits per heavy atom. The highest BCUT2D eigenvalue weighted by atomic mass is 32.2. The Morgan fingerprint density at radius 2 is 2.27 bits per heavy atom. The maximum Gasteiger partial charge on any atom is 0.147 e. The van der Waals surface area contributed by atoms with E-state index in [0.29, 0.717) is 4.75 Å². The third-order valence-electron chi connectivity index (χ3n) is 2.81. The molecule has 0 spiro atoms. The molecule has 1 unspecified atom stereocenters. The molecule has 1 aliphatic heterocycles. The van der Waals surface area contributed by atoms with Gasteiger partial charge in [0.15, 0.2) is 0 Å². The molecular weight excluding hydrogens is 206 g/mol. The molecule has 0 amide bonds. The Balaban J connectivity index is 1.95. The van der Waals surface area contributed by atoms with Gasteiger partial charge in [-0.3, -0.25) is 4.98 Å². The third kappa shape index (κ3) is 2.62. The summed E-state index contributed by atoms with van der Waals surface area (Å²) < 4.78 is 0.379. The first-order valence-corrected chi connectivity index (χ1v) is 6.34. The molecular formula is C11H17N3S. The van der Waals surface area contributed by atoms with Gasteiger partial charge in [-0.25, -0.2) is 4.98 Å². The van der Waals surface area contributed by atoms with Gasteiger partial charge in [-0.2, -0.15) is 11.8 Å². The fourth-order valence-corrected chi connectivity index (χ4v) is 3.07. The second-order valence-corrected chi connectivity index (χ2v) is 5.93. The van der Waals surface area contributed by atoms with E-state index in [1.165, 1.54) is 18.6 Å². The zero-order valence-corrected chi connectivity index (χ0v) is 10.1. The molecule has 0 radical (unpaired) electrons. The Labute approximate surface area is 95.1 Å². The average molecular weight is 223 g/mol. The minimum Gasteiger partial charge on any atom is -0.367 e. The summed E-state index contributed by atoms with van der Waals surface area (Å²) in [6.45, 7) is 5.29. The molecule has 4 heteroatoms. The number of rotatable bonds is 3. The zero-order chi connectivity index (χ0) is 10.7. The Morgan fingerprint density at radius 1 is 1.47 bits per heavy atom. The van der Waals surface area contributed by atoms with Crippen molar-refractivity contribution in [1.82, 2.24) is 9.97 Å². The van der Waals surface area contributed by atoms with Crippen LogP contribution in [0.4, 0.5) is 5.82 Å². The third-order valence-corrected chi connectivity index (χ3v) is 4.35.